The van der Waals surface area contributed by atoms with Gasteiger partial charge in [0.15, 0.2) is 5.13 Å². The molecule has 0 aliphatic heterocycles. The molecule has 18 heavy (non-hydrogen) atoms. The van der Waals surface area contributed by atoms with Gasteiger partial charge in [0.05, 0.1) is 10.6 Å². The van der Waals surface area contributed by atoms with Crippen LogP contribution in [0.3, 0.4) is 0 Å². The molecule has 3 aromatic heterocycles. The van der Waals surface area contributed by atoms with Gasteiger partial charge in [-0.15, -0.1) is 0 Å². The number of rotatable bonds is 2. The van der Waals surface area contributed by atoms with Crippen LogP contribution in [0.4, 0.5) is 5.13 Å². The molecule has 4 nitrogen and oxygen atoms in total. The van der Waals surface area contributed by atoms with Crippen LogP contribution in [0.2, 0.25) is 0 Å². The van der Waals surface area contributed by atoms with Crippen molar-refractivity contribution in [2.75, 3.05) is 5.73 Å². The third kappa shape index (κ3) is 1.96. The molecule has 0 spiro atoms. The zero-order chi connectivity index (χ0) is 12.4. The molecule has 0 radical (unpaired) electrons. The van der Waals surface area contributed by atoms with Crippen molar-refractivity contribution < 1.29 is 0 Å². The Bertz CT molecular complexity index is 592. The zero-order valence-corrected chi connectivity index (χ0v) is 10.3. The maximum Gasteiger partial charge on any atom is 0.181 e. The number of aromatic nitrogens is 3. The lowest BCUT2D eigenvalue weighted by atomic mass is 10.1. The standard InChI is InChI=1S/C13H10N4S/c14-13-17-11(9-1-5-15-6-2-9)12(18-13)10-3-7-16-8-4-10/h1-8H,(H2,14,17). The van der Waals surface area contributed by atoms with Crippen LogP contribution in [0, 0.1) is 0 Å². The van der Waals surface area contributed by atoms with Gasteiger partial charge in [-0.05, 0) is 29.8 Å². The quantitative estimate of drug-likeness (QED) is 0.763. The van der Waals surface area contributed by atoms with Crippen LogP contribution in [0.1, 0.15) is 0 Å². The Morgan fingerprint density at radius 1 is 0.833 bits per heavy atom. The summed E-state index contributed by atoms with van der Waals surface area (Å²) in [6, 6.07) is 7.77. The zero-order valence-electron chi connectivity index (χ0n) is 9.45. The summed E-state index contributed by atoms with van der Waals surface area (Å²) in [5, 5.41) is 0.564. The van der Waals surface area contributed by atoms with Crippen LogP contribution in [-0.2, 0) is 0 Å². The summed E-state index contributed by atoms with van der Waals surface area (Å²) in [4.78, 5) is 13.5. The van der Waals surface area contributed by atoms with Gasteiger partial charge in [-0.3, -0.25) is 9.97 Å². The van der Waals surface area contributed by atoms with Crippen molar-refractivity contribution >= 4 is 16.5 Å². The number of pyridine rings is 2. The lowest BCUT2D eigenvalue weighted by molar-refractivity contribution is 1.31. The average molecular weight is 254 g/mol. The first-order chi connectivity index (χ1) is 8.84. The Balaban J connectivity index is 2.17. The Morgan fingerprint density at radius 3 is 2.00 bits per heavy atom. The molecule has 3 heterocycles. The molecule has 0 aliphatic carbocycles. The SMILES string of the molecule is Nc1nc(-c2ccncc2)c(-c2ccncc2)s1. The molecule has 0 atom stereocenters. The number of nitrogens with two attached hydrogens (primary N) is 1. The Hall–Kier alpha value is -2.27. The lowest BCUT2D eigenvalue weighted by Crippen LogP contribution is -1.84. The minimum Gasteiger partial charge on any atom is -0.375 e. The molecule has 0 fully saturated rings. The summed E-state index contributed by atoms with van der Waals surface area (Å²) < 4.78 is 0. The molecule has 0 bridgehead atoms. The van der Waals surface area contributed by atoms with Gasteiger partial charge in [0.2, 0.25) is 0 Å². The van der Waals surface area contributed by atoms with Gasteiger partial charge in [-0.2, -0.15) is 0 Å². The van der Waals surface area contributed by atoms with Crippen LogP contribution >= 0.6 is 11.3 Å². The third-order valence-corrected chi connectivity index (χ3v) is 3.47. The van der Waals surface area contributed by atoms with Crippen molar-refractivity contribution in [2.24, 2.45) is 0 Å². The molecular formula is C13H10N4S. The summed E-state index contributed by atoms with van der Waals surface area (Å²) in [6.07, 6.45) is 7.03. The van der Waals surface area contributed by atoms with E-state index in [-0.39, 0.29) is 0 Å². The van der Waals surface area contributed by atoms with Crippen molar-refractivity contribution in [1.82, 2.24) is 15.0 Å². The van der Waals surface area contributed by atoms with E-state index < -0.39 is 0 Å². The van der Waals surface area contributed by atoms with E-state index in [1.807, 2.05) is 24.3 Å². The van der Waals surface area contributed by atoms with Gasteiger partial charge in [-0.25, -0.2) is 4.98 Å². The third-order valence-electron chi connectivity index (χ3n) is 2.54. The molecule has 0 saturated carbocycles. The van der Waals surface area contributed by atoms with Crippen LogP contribution in [0.15, 0.2) is 49.1 Å². The van der Waals surface area contributed by atoms with E-state index in [9.17, 15) is 0 Å². The van der Waals surface area contributed by atoms with E-state index in [4.69, 9.17) is 5.73 Å². The van der Waals surface area contributed by atoms with Crippen LogP contribution < -0.4 is 5.73 Å². The summed E-state index contributed by atoms with van der Waals surface area (Å²) in [5.74, 6) is 0. The highest BCUT2D eigenvalue weighted by atomic mass is 32.1. The Morgan fingerprint density at radius 2 is 1.39 bits per heavy atom. The molecule has 0 aromatic carbocycles. The first-order valence-electron chi connectivity index (χ1n) is 5.41. The topological polar surface area (TPSA) is 64.7 Å². The monoisotopic (exact) mass is 254 g/mol. The average Bonchev–Trinajstić information content (AvgIpc) is 2.83. The first kappa shape index (κ1) is 10.9. The van der Waals surface area contributed by atoms with Gasteiger partial charge < -0.3 is 5.73 Å². The van der Waals surface area contributed by atoms with Crippen LogP contribution in [-0.4, -0.2) is 15.0 Å². The van der Waals surface area contributed by atoms with E-state index in [2.05, 4.69) is 15.0 Å². The van der Waals surface area contributed by atoms with Crippen molar-refractivity contribution in [2.45, 2.75) is 0 Å². The fourth-order valence-corrected chi connectivity index (χ4v) is 2.60. The van der Waals surface area contributed by atoms with Crippen molar-refractivity contribution in [3.63, 3.8) is 0 Å². The normalized spacial score (nSPS) is 10.4. The highest BCUT2D eigenvalue weighted by Gasteiger charge is 2.13. The number of nitrogen functional groups attached to an aromatic ring is 1. The molecule has 0 saturated heterocycles. The molecule has 5 heteroatoms. The maximum absolute atomic E-state index is 5.83. The molecule has 0 aliphatic rings. The molecule has 2 N–H and O–H groups in total. The second kappa shape index (κ2) is 4.54. The molecule has 88 valence electrons. The number of anilines is 1. The van der Waals surface area contributed by atoms with Crippen molar-refractivity contribution in [1.29, 1.82) is 0 Å². The molecule has 3 aromatic rings. The smallest absolute Gasteiger partial charge is 0.181 e. The van der Waals surface area contributed by atoms with E-state index >= 15 is 0 Å². The van der Waals surface area contributed by atoms with Gasteiger partial charge in [0, 0.05) is 30.4 Å². The fourth-order valence-electron chi connectivity index (χ4n) is 1.74. The first-order valence-corrected chi connectivity index (χ1v) is 6.23. The minimum atomic E-state index is 0.564. The lowest BCUT2D eigenvalue weighted by Gasteiger charge is -2.01. The van der Waals surface area contributed by atoms with Gasteiger partial charge in [0.25, 0.3) is 0 Å². The summed E-state index contributed by atoms with van der Waals surface area (Å²) in [5.41, 5.74) is 8.82. The van der Waals surface area contributed by atoms with Crippen LogP contribution in [0.25, 0.3) is 21.7 Å². The van der Waals surface area contributed by atoms with Gasteiger partial charge in [0.1, 0.15) is 0 Å². The van der Waals surface area contributed by atoms with E-state index in [1.54, 1.807) is 24.8 Å². The van der Waals surface area contributed by atoms with Gasteiger partial charge in [-0.1, -0.05) is 11.3 Å². The molecule has 0 unspecified atom stereocenters. The highest BCUT2D eigenvalue weighted by molar-refractivity contribution is 7.19. The second-order valence-electron chi connectivity index (χ2n) is 3.70. The van der Waals surface area contributed by atoms with Crippen molar-refractivity contribution in [3.8, 4) is 21.7 Å². The van der Waals surface area contributed by atoms with E-state index in [0.29, 0.717) is 5.13 Å². The number of hydrogen-bond donors (Lipinski definition) is 1. The summed E-state index contributed by atoms with van der Waals surface area (Å²) in [7, 11) is 0. The number of hydrogen-bond acceptors (Lipinski definition) is 5. The largest absolute Gasteiger partial charge is 0.375 e. The maximum atomic E-state index is 5.83. The molecule has 0 amide bonds. The Kier molecular flexibility index (Phi) is 2.74. The fraction of sp³-hybridized carbons (Fsp3) is 0. The highest BCUT2D eigenvalue weighted by Crippen LogP contribution is 2.37. The predicted molar refractivity (Wildman–Crippen MR) is 73.0 cm³/mol. The molecular weight excluding hydrogens is 244 g/mol. The second-order valence-corrected chi connectivity index (χ2v) is 4.73. The number of nitrogens with zero attached hydrogens (tertiary/aromatic N) is 3. The number of thiazole rings is 1. The molecule has 3 rings (SSSR count). The summed E-state index contributed by atoms with van der Waals surface area (Å²) in [6.45, 7) is 0. The summed E-state index contributed by atoms with van der Waals surface area (Å²) >= 11 is 1.48. The van der Waals surface area contributed by atoms with E-state index in [1.165, 1.54) is 11.3 Å². The minimum absolute atomic E-state index is 0.564. The van der Waals surface area contributed by atoms with Crippen LogP contribution in [0.5, 0.6) is 0 Å². The Labute approximate surface area is 108 Å². The predicted octanol–water partition coefficient (Wildman–Crippen LogP) is 2.85. The van der Waals surface area contributed by atoms with Gasteiger partial charge >= 0.3 is 0 Å². The van der Waals surface area contributed by atoms with Crippen molar-refractivity contribution in [3.05, 3.63) is 49.1 Å². The van der Waals surface area contributed by atoms with E-state index in [0.717, 1.165) is 21.7 Å².